The van der Waals surface area contributed by atoms with Crippen molar-refractivity contribution < 1.29 is 9.53 Å². The molecular weight excluding hydrogens is 372 g/mol. The van der Waals surface area contributed by atoms with Gasteiger partial charge < -0.3 is 4.74 Å². The van der Waals surface area contributed by atoms with E-state index in [4.69, 9.17) is 4.74 Å². The van der Waals surface area contributed by atoms with Crippen LogP contribution in [0.25, 0.3) is 22.3 Å². The second kappa shape index (κ2) is 8.06. The van der Waals surface area contributed by atoms with E-state index in [-0.39, 0.29) is 11.9 Å². The molecule has 0 saturated carbocycles. The second-order valence-corrected chi connectivity index (χ2v) is 6.78. The van der Waals surface area contributed by atoms with Gasteiger partial charge >= 0.3 is 0 Å². The minimum Gasteiger partial charge on any atom is -0.494 e. The number of fused-ring (bicyclic) bond motifs is 1. The number of nitrogens with zero attached hydrogens (tertiary/aromatic N) is 3. The summed E-state index contributed by atoms with van der Waals surface area (Å²) in [6.45, 7) is 2.56. The third-order valence-electron chi connectivity index (χ3n) is 4.00. The number of ether oxygens (including phenoxy) is 1. The molecule has 0 bridgehead atoms. The predicted octanol–water partition coefficient (Wildman–Crippen LogP) is 4.51. The van der Waals surface area contributed by atoms with Crippen LogP contribution in [0.2, 0.25) is 0 Å². The fraction of sp³-hybridized carbons (Fsp3) is 0.0952. The van der Waals surface area contributed by atoms with Gasteiger partial charge in [-0.25, -0.2) is 4.52 Å². The highest BCUT2D eigenvalue weighted by Crippen LogP contribution is 2.25. The first-order valence-electron chi connectivity index (χ1n) is 8.84. The first kappa shape index (κ1) is 17.9. The monoisotopic (exact) mass is 390 g/mol. The lowest BCUT2D eigenvalue weighted by Gasteiger charge is -2.02. The van der Waals surface area contributed by atoms with Crippen LogP contribution < -0.4 is 10.1 Å². The van der Waals surface area contributed by atoms with Gasteiger partial charge in [0.2, 0.25) is 4.96 Å². The Morgan fingerprint density at radius 1 is 1.18 bits per heavy atom. The van der Waals surface area contributed by atoms with E-state index in [1.165, 1.54) is 17.4 Å². The van der Waals surface area contributed by atoms with Gasteiger partial charge in [-0.15, -0.1) is 16.4 Å². The average Bonchev–Trinajstić information content (AvgIpc) is 3.28. The number of benzene rings is 2. The standard InChI is InChI=1S/C21H18N4O2S/c1-2-27-17-11-8-15(9-12-17)10-13-19(26)22-20-23-21-25(24-20)18(14-28-21)16-6-4-3-5-7-16/h3-14H,2H2,1H3,(H,22,24,26)/b13-10+. The van der Waals surface area contributed by atoms with E-state index in [0.29, 0.717) is 6.61 Å². The smallest absolute Gasteiger partial charge is 0.250 e. The van der Waals surface area contributed by atoms with Gasteiger partial charge in [0.05, 0.1) is 12.3 Å². The highest BCUT2D eigenvalue weighted by molar-refractivity contribution is 7.15. The van der Waals surface area contributed by atoms with Gasteiger partial charge in [0, 0.05) is 17.0 Å². The van der Waals surface area contributed by atoms with Gasteiger partial charge in [0.15, 0.2) is 0 Å². The maximum Gasteiger partial charge on any atom is 0.250 e. The zero-order valence-corrected chi connectivity index (χ0v) is 16.0. The highest BCUT2D eigenvalue weighted by Gasteiger charge is 2.12. The number of aromatic nitrogens is 3. The van der Waals surface area contributed by atoms with Gasteiger partial charge in [-0.05, 0) is 30.7 Å². The van der Waals surface area contributed by atoms with Crippen molar-refractivity contribution in [3.8, 4) is 17.0 Å². The average molecular weight is 390 g/mol. The SMILES string of the molecule is CCOc1ccc(/C=C/C(=O)Nc2nc3scc(-c4ccccc4)n3n2)cc1. The van der Waals surface area contributed by atoms with Crippen LogP contribution in [-0.2, 0) is 4.79 Å². The van der Waals surface area contributed by atoms with Crippen molar-refractivity contribution in [1.29, 1.82) is 0 Å². The van der Waals surface area contributed by atoms with Crippen molar-refractivity contribution in [3.63, 3.8) is 0 Å². The summed E-state index contributed by atoms with van der Waals surface area (Å²) in [7, 11) is 0. The minimum atomic E-state index is -0.284. The quantitative estimate of drug-likeness (QED) is 0.492. The van der Waals surface area contributed by atoms with Crippen molar-refractivity contribution in [2.75, 3.05) is 11.9 Å². The maximum absolute atomic E-state index is 12.2. The summed E-state index contributed by atoms with van der Waals surface area (Å²) in [6, 6.07) is 17.5. The molecule has 1 amide bonds. The van der Waals surface area contributed by atoms with E-state index in [1.807, 2.05) is 66.9 Å². The molecule has 2 heterocycles. The van der Waals surface area contributed by atoms with E-state index in [0.717, 1.165) is 27.5 Å². The molecule has 0 saturated heterocycles. The van der Waals surface area contributed by atoms with Crippen LogP contribution in [0.4, 0.5) is 5.95 Å². The summed E-state index contributed by atoms with van der Waals surface area (Å²) in [4.78, 5) is 17.3. The number of carbonyl (C=O) groups is 1. The van der Waals surface area contributed by atoms with Crippen molar-refractivity contribution in [2.45, 2.75) is 6.92 Å². The molecule has 4 aromatic rings. The van der Waals surface area contributed by atoms with Gasteiger partial charge in [-0.3, -0.25) is 10.1 Å². The van der Waals surface area contributed by atoms with Gasteiger partial charge in [-0.2, -0.15) is 4.98 Å². The van der Waals surface area contributed by atoms with E-state index in [9.17, 15) is 4.79 Å². The van der Waals surface area contributed by atoms with Crippen molar-refractivity contribution in [3.05, 3.63) is 71.6 Å². The first-order chi connectivity index (χ1) is 13.7. The second-order valence-electron chi connectivity index (χ2n) is 5.94. The molecule has 0 aliphatic carbocycles. The van der Waals surface area contributed by atoms with Crippen LogP contribution in [-0.4, -0.2) is 27.1 Å². The molecule has 2 aromatic heterocycles. The third kappa shape index (κ3) is 3.94. The van der Waals surface area contributed by atoms with Gasteiger partial charge in [0.25, 0.3) is 11.9 Å². The van der Waals surface area contributed by atoms with Crippen LogP contribution in [0, 0.1) is 0 Å². The molecule has 2 aromatic carbocycles. The summed E-state index contributed by atoms with van der Waals surface area (Å²) in [5, 5.41) is 9.12. The molecule has 0 spiro atoms. The number of amides is 1. The molecule has 1 N–H and O–H groups in total. The Morgan fingerprint density at radius 3 is 2.71 bits per heavy atom. The summed E-state index contributed by atoms with van der Waals surface area (Å²) >= 11 is 1.48. The summed E-state index contributed by atoms with van der Waals surface area (Å²) in [5.74, 6) is 0.805. The van der Waals surface area contributed by atoms with Crippen LogP contribution in [0.15, 0.2) is 66.1 Å². The number of thiazole rings is 1. The lowest BCUT2D eigenvalue weighted by molar-refractivity contribution is -0.111. The Balaban J connectivity index is 1.46. The third-order valence-corrected chi connectivity index (χ3v) is 4.82. The Labute approximate surface area is 166 Å². The highest BCUT2D eigenvalue weighted by atomic mass is 32.1. The number of hydrogen-bond donors (Lipinski definition) is 1. The molecule has 0 aliphatic rings. The normalized spacial score (nSPS) is 11.2. The lowest BCUT2D eigenvalue weighted by Crippen LogP contribution is -2.09. The minimum absolute atomic E-state index is 0.283. The number of hydrogen-bond acceptors (Lipinski definition) is 5. The molecule has 7 heteroatoms. The first-order valence-corrected chi connectivity index (χ1v) is 9.72. The van der Waals surface area contributed by atoms with Crippen LogP contribution in [0.1, 0.15) is 12.5 Å². The summed E-state index contributed by atoms with van der Waals surface area (Å²) < 4.78 is 7.15. The van der Waals surface area contributed by atoms with E-state index < -0.39 is 0 Å². The molecule has 28 heavy (non-hydrogen) atoms. The molecule has 0 fully saturated rings. The van der Waals surface area contributed by atoms with Crippen molar-refractivity contribution in [2.24, 2.45) is 0 Å². The molecule has 0 radical (unpaired) electrons. The molecule has 4 rings (SSSR count). The predicted molar refractivity (Wildman–Crippen MR) is 112 cm³/mol. The van der Waals surface area contributed by atoms with Crippen LogP contribution in [0.5, 0.6) is 5.75 Å². The van der Waals surface area contributed by atoms with Crippen molar-refractivity contribution >= 4 is 34.2 Å². The topological polar surface area (TPSA) is 68.5 Å². The maximum atomic E-state index is 12.2. The number of rotatable bonds is 6. The molecule has 140 valence electrons. The molecule has 0 aliphatic heterocycles. The zero-order chi connectivity index (χ0) is 19.3. The van der Waals surface area contributed by atoms with Gasteiger partial charge in [0.1, 0.15) is 5.75 Å². The zero-order valence-electron chi connectivity index (χ0n) is 15.2. The molecule has 6 nitrogen and oxygen atoms in total. The number of carbonyl (C=O) groups excluding carboxylic acids is 1. The Hall–Kier alpha value is -3.45. The molecular formula is C21H18N4O2S. The van der Waals surface area contributed by atoms with Crippen molar-refractivity contribution in [1.82, 2.24) is 14.6 Å². The Kier molecular flexibility index (Phi) is 5.16. The molecule has 0 unspecified atom stereocenters. The van der Waals surface area contributed by atoms with E-state index in [1.54, 1.807) is 10.6 Å². The summed E-state index contributed by atoms with van der Waals surface area (Å²) in [6.07, 6.45) is 3.20. The Morgan fingerprint density at radius 2 is 1.96 bits per heavy atom. The number of anilines is 1. The summed E-state index contributed by atoms with van der Waals surface area (Å²) in [5.41, 5.74) is 2.90. The van der Waals surface area contributed by atoms with Crippen LogP contribution >= 0.6 is 11.3 Å². The largest absolute Gasteiger partial charge is 0.494 e. The fourth-order valence-electron chi connectivity index (χ4n) is 2.71. The lowest BCUT2D eigenvalue weighted by atomic mass is 10.2. The fourth-order valence-corrected chi connectivity index (χ4v) is 3.54. The van der Waals surface area contributed by atoms with Crippen LogP contribution in [0.3, 0.4) is 0 Å². The van der Waals surface area contributed by atoms with E-state index >= 15 is 0 Å². The number of nitrogens with one attached hydrogen (secondary N) is 1. The Bertz CT molecular complexity index is 1110. The van der Waals surface area contributed by atoms with E-state index in [2.05, 4.69) is 15.4 Å². The molecule has 0 atom stereocenters. The van der Waals surface area contributed by atoms with Gasteiger partial charge in [-0.1, -0.05) is 42.5 Å².